The molecule has 33 heavy (non-hydrogen) atoms. The van der Waals surface area contributed by atoms with Crippen LogP contribution in [-0.2, 0) is 0 Å². The molecule has 3 amide bonds. The van der Waals surface area contributed by atoms with Crippen LogP contribution in [0.15, 0.2) is 72.8 Å². The van der Waals surface area contributed by atoms with E-state index in [0.717, 1.165) is 0 Å². The fourth-order valence-electron chi connectivity index (χ4n) is 3.71. The number of rotatable bonds is 4. The maximum absolute atomic E-state index is 13.2. The highest BCUT2D eigenvalue weighted by Gasteiger charge is 2.27. The van der Waals surface area contributed by atoms with Crippen LogP contribution in [0.1, 0.15) is 31.1 Å². The van der Waals surface area contributed by atoms with Gasteiger partial charge in [-0.05, 0) is 42.5 Å². The van der Waals surface area contributed by atoms with Crippen LogP contribution in [0, 0.1) is 0 Å². The first-order chi connectivity index (χ1) is 15.9. The Morgan fingerprint density at radius 2 is 1.21 bits per heavy atom. The van der Waals surface area contributed by atoms with Crippen molar-refractivity contribution in [2.75, 3.05) is 31.5 Å². The molecule has 1 heterocycles. The quantitative estimate of drug-likeness (QED) is 0.579. The van der Waals surface area contributed by atoms with E-state index in [1.165, 1.54) is 0 Å². The van der Waals surface area contributed by atoms with Crippen LogP contribution in [0.3, 0.4) is 0 Å². The predicted octanol–water partition coefficient (Wildman–Crippen LogP) is 4.84. The molecule has 1 saturated heterocycles. The van der Waals surface area contributed by atoms with Crippen molar-refractivity contribution < 1.29 is 14.4 Å². The van der Waals surface area contributed by atoms with Gasteiger partial charge in [0.05, 0.1) is 11.3 Å². The van der Waals surface area contributed by atoms with Gasteiger partial charge in [-0.2, -0.15) is 0 Å². The Bertz CT molecular complexity index is 1170. The molecule has 0 bridgehead atoms. The van der Waals surface area contributed by atoms with E-state index in [4.69, 9.17) is 23.2 Å². The second-order valence-corrected chi connectivity index (χ2v) is 8.48. The average Bonchev–Trinajstić information content (AvgIpc) is 2.83. The first kappa shape index (κ1) is 22.8. The van der Waals surface area contributed by atoms with Crippen LogP contribution >= 0.6 is 23.2 Å². The number of hydrogen-bond donors (Lipinski definition) is 1. The maximum atomic E-state index is 13.2. The zero-order valence-corrected chi connectivity index (χ0v) is 19.1. The van der Waals surface area contributed by atoms with E-state index in [-0.39, 0.29) is 17.7 Å². The number of halogens is 2. The summed E-state index contributed by atoms with van der Waals surface area (Å²) in [5.41, 5.74) is 1.78. The van der Waals surface area contributed by atoms with Gasteiger partial charge < -0.3 is 15.1 Å². The molecule has 3 aromatic carbocycles. The monoisotopic (exact) mass is 481 g/mol. The number of amides is 3. The Balaban J connectivity index is 1.43. The van der Waals surface area contributed by atoms with Gasteiger partial charge in [-0.3, -0.25) is 14.4 Å². The molecule has 3 aromatic rings. The summed E-state index contributed by atoms with van der Waals surface area (Å²) in [6.45, 7) is 1.51. The van der Waals surface area contributed by atoms with Crippen molar-refractivity contribution in [2.45, 2.75) is 0 Å². The maximum Gasteiger partial charge on any atom is 0.256 e. The summed E-state index contributed by atoms with van der Waals surface area (Å²) in [6, 6.07) is 20.5. The zero-order valence-electron chi connectivity index (χ0n) is 17.6. The van der Waals surface area contributed by atoms with E-state index in [1.807, 2.05) is 6.07 Å². The number of nitrogens with zero attached hydrogens (tertiary/aromatic N) is 2. The van der Waals surface area contributed by atoms with Crippen LogP contribution in [0.4, 0.5) is 5.69 Å². The van der Waals surface area contributed by atoms with Crippen LogP contribution in [0.5, 0.6) is 0 Å². The summed E-state index contributed by atoms with van der Waals surface area (Å²) in [5.74, 6) is -0.662. The first-order valence-corrected chi connectivity index (χ1v) is 11.2. The van der Waals surface area contributed by atoms with E-state index in [0.29, 0.717) is 58.6 Å². The summed E-state index contributed by atoms with van der Waals surface area (Å²) >= 11 is 12.0. The summed E-state index contributed by atoms with van der Waals surface area (Å²) < 4.78 is 0. The van der Waals surface area contributed by atoms with Crippen molar-refractivity contribution in [1.29, 1.82) is 0 Å². The number of carbonyl (C=O) groups excluding carboxylic acids is 3. The molecule has 0 spiro atoms. The lowest BCUT2D eigenvalue weighted by Crippen LogP contribution is -2.50. The molecule has 168 valence electrons. The number of nitrogens with one attached hydrogen (secondary N) is 1. The molecular weight excluding hydrogens is 461 g/mol. The Morgan fingerprint density at radius 3 is 1.85 bits per heavy atom. The van der Waals surface area contributed by atoms with Gasteiger partial charge in [0.25, 0.3) is 17.7 Å². The Kier molecular flexibility index (Phi) is 6.96. The molecule has 8 heteroatoms. The standard InChI is InChI=1S/C25H21Cl2N3O3/c26-19-14-18(15-20(27)16-19)24(32)29-10-12-30(13-11-29)25(33)21-8-4-5-9-22(21)28-23(31)17-6-2-1-3-7-17/h1-9,14-16H,10-13H2,(H,28,31). The Hall–Kier alpha value is -3.35. The lowest BCUT2D eigenvalue weighted by molar-refractivity contribution is 0.0536. The molecule has 1 aliphatic rings. The molecular formula is C25H21Cl2N3O3. The minimum Gasteiger partial charge on any atom is -0.335 e. The number of anilines is 1. The van der Waals surface area contributed by atoms with E-state index >= 15 is 0 Å². The Morgan fingerprint density at radius 1 is 0.667 bits per heavy atom. The predicted molar refractivity (Wildman–Crippen MR) is 129 cm³/mol. The molecule has 6 nitrogen and oxygen atoms in total. The third-order valence-corrected chi connectivity index (χ3v) is 5.84. The molecule has 1 aliphatic heterocycles. The molecule has 1 N–H and O–H groups in total. The van der Waals surface area contributed by atoms with Gasteiger partial charge in [0.1, 0.15) is 0 Å². The van der Waals surface area contributed by atoms with Gasteiger partial charge in [0.2, 0.25) is 0 Å². The smallest absolute Gasteiger partial charge is 0.256 e. The van der Waals surface area contributed by atoms with E-state index < -0.39 is 0 Å². The fourth-order valence-corrected chi connectivity index (χ4v) is 4.23. The van der Waals surface area contributed by atoms with Gasteiger partial charge in [-0.1, -0.05) is 53.5 Å². The minimum absolute atomic E-state index is 0.179. The molecule has 1 fully saturated rings. The number of carbonyl (C=O) groups is 3. The van der Waals surface area contributed by atoms with Crippen LogP contribution in [0.25, 0.3) is 0 Å². The van der Waals surface area contributed by atoms with Crippen molar-refractivity contribution in [2.24, 2.45) is 0 Å². The normalized spacial score (nSPS) is 13.5. The third-order valence-electron chi connectivity index (χ3n) is 5.41. The molecule has 0 saturated carbocycles. The van der Waals surface area contributed by atoms with Crippen LogP contribution < -0.4 is 5.32 Å². The highest BCUT2D eigenvalue weighted by Crippen LogP contribution is 2.22. The van der Waals surface area contributed by atoms with Gasteiger partial charge >= 0.3 is 0 Å². The van der Waals surface area contributed by atoms with Crippen molar-refractivity contribution in [3.8, 4) is 0 Å². The van der Waals surface area contributed by atoms with Crippen LogP contribution in [0.2, 0.25) is 10.0 Å². The van der Waals surface area contributed by atoms with Crippen LogP contribution in [-0.4, -0.2) is 53.7 Å². The van der Waals surface area contributed by atoms with Gasteiger partial charge in [0, 0.05) is 47.4 Å². The van der Waals surface area contributed by atoms with Gasteiger partial charge in [0.15, 0.2) is 0 Å². The highest BCUT2D eigenvalue weighted by atomic mass is 35.5. The molecule has 0 radical (unpaired) electrons. The summed E-state index contributed by atoms with van der Waals surface area (Å²) in [4.78, 5) is 42.0. The van der Waals surface area contributed by atoms with Crippen molar-refractivity contribution in [3.05, 3.63) is 99.5 Å². The van der Waals surface area contributed by atoms with E-state index in [1.54, 1.807) is 76.5 Å². The number of piperazine rings is 1. The fraction of sp³-hybridized carbons (Fsp3) is 0.160. The lowest BCUT2D eigenvalue weighted by atomic mass is 10.1. The minimum atomic E-state index is -0.286. The second-order valence-electron chi connectivity index (χ2n) is 7.61. The Labute approximate surface area is 201 Å². The van der Waals surface area contributed by atoms with Gasteiger partial charge in [-0.15, -0.1) is 0 Å². The van der Waals surface area contributed by atoms with E-state index in [2.05, 4.69) is 5.32 Å². The largest absolute Gasteiger partial charge is 0.335 e. The van der Waals surface area contributed by atoms with E-state index in [9.17, 15) is 14.4 Å². The SMILES string of the molecule is O=C(Nc1ccccc1C(=O)N1CCN(C(=O)c2cc(Cl)cc(Cl)c2)CC1)c1ccccc1. The molecule has 0 aromatic heterocycles. The number of benzene rings is 3. The molecule has 4 rings (SSSR count). The summed E-state index contributed by atoms with van der Waals surface area (Å²) in [6.07, 6.45) is 0. The average molecular weight is 482 g/mol. The summed E-state index contributed by atoms with van der Waals surface area (Å²) in [7, 11) is 0. The topological polar surface area (TPSA) is 69.7 Å². The lowest BCUT2D eigenvalue weighted by Gasteiger charge is -2.35. The number of para-hydroxylation sites is 1. The van der Waals surface area contributed by atoms with Crippen molar-refractivity contribution in [3.63, 3.8) is 0 Å². The summed E-state index contributed by atoms with van der Waals surface area (Å²) in [5, 5.41) is 3.62. The van der Waals surface area contributed by atoms with Gasteiger partial charge in [-0.25, -0.2) is 0 Å². The van der Waals surface area contributed by atoms with Crippen molar-refractivity contribution in [1.82, 2.24) is 9.80 Å². The molecule has 0 atom stereocenters. The molecule has 0 unspecified atom stereocenters. The van der Waals surface area contributed by atoms with Crippen molar-refractivity contribution >= 4 is 46.6 Å². The third kappa shape index (κ3) is 5.35. The highest BCUT2D eigenvalue weighted by molar-refractivity contribution is 6.35. The first-order valence-electron chi connectivity index (χ1n) is 10.4. The zero-order chi connectivity index (χ0) is 23.4. The second kappa shape index (κ2) is 10.1. The molecule has 0 aliphatic carbocycles. The number of hydrogen-bond acceptors (Lipinski definition) is 3.